The second kappa shape index (κ2) is 11.1. The lowest BCUT2D eigenvalue weighted by Crippen LogP contribution is -2.42. The van der Waals surface area contributed by atoms with Crippen molar-refractivity contribution in [1.82, 2.24) is 10.2 Å². The van der Waals surface area contributed by atoms with Crippen LogP contribution in [0.4, 0.5) is 4.39 Å². The Morgan fingerprint density at radius 3 is 2.81 bits per heavy atom. The number of aliphatic imine (C=N–C) groups is 1. The van der Waals surface area contributed by atoms with Gasteiger partial charge in [-0.15, -0.1) is 0 Å². The zero-order valence-corrected chi connectivity index (χ0v) is 15.3. The molecule has 0 amide bonds. The SMILES string of the molecule is COCCN=C(NCCc1ccco1)N(C)CCOc1ccccc1F. The summed E-state index contributed by atoms with van der Waals surface area (Å²) in [5.41, 5.74) is 0. The van der Waals surface area contributed by atoms with E-state index in [1.165, 1.54) is 6.07 Å². The van der Waals surface area contributed by atoms with Crippen molar-refractivity contribution in [2.75, 3.05) is 47.0 Å². The molecule has 1 aromatic carbocycles. The lowest BCUT2D eigenvalue weighted by Gasteiger charge is -2.22. The van der Waals surface area contributed by atoms with Gasteiger partial charge in [0.05, 0.1) is 26.0 Å². The van der Waals surface area contributed by atoms with E-state index < -0.39 is 0 Å². The Balaban J connectivity index is 1.82. The quantitative estimate of drug-likeness (QED) is 0.399. The van der Waals surface area contributed by atoms with Gasteiger partial charge in [-0.05, 0) is 24.3 Å². The molecule has 1 heterocycles. The molecule has 2 aromatic rings. The highest BCUT2D eigenvalue weighted by molar-refractivity contribution is 5.79. The van der Waals surface area contributed by atoms with Gasteiger partial charge >= 0.3 is 0 Å². The summed E-state index contributed by atoms with van der Waals surface area (Å²) in [5, 5.41) is 3.31. The molecule has 0 atom stereocenters. The zero-order valence-electron chi connectivity index (χ0n) is 15.3. The number of methoxy groups -OCH3 is 1. The van der Waals surface area contributed by atoms with Gasteiger partial charge in [0.1, 0.15) is 12.4 Å². The van der Waals surface area contributed by atoms with E-state index in [0.29, 0.717) is 32.8 Å². The normalized spacial score (nSPS) is 11.4. The molecule has 0 aliphatic rings. The number of benzene rings is 1. The van der Waals surface area contributed by atoms with Crippen LogP contribution in [-0.4, -0.2) is 57.9 Å². The van der Waals surface area contributed by atoms with E-state index >= 15 is 0 Å². The minimum atomic E-state index is -0.360. The van der Waals surface area contributed by atoms with Gasteiger partial charge in [-0.2, -0.15) is 0 Å². The summed E-state index contributed by atoms with van der Waals surface area (Å²) in [7, 11) is 3.56. The van der Waals surface area contributed by atoms with Crippen LogP contribution in [0.25, 0.3) is 0 Å². The van der Waals surface area contributed by atoms with Gasteiger partial charge in [0, 0.05) is 27.1 Å². The fourth-order valence-corrected chi connectivity index (χ4v) is 2.27. The number of rotatable bonds is 10. The van der Waals surface area contributed by atoms with Crippen LogP contribution in [0.5, 0.6) is 5.75 Å². The molecule has 142 valence electrons. The molecule has 0 spiro atoms. The van der Waals surface area contributed by atoms with E-state index in [2.05, 4.69) is 10.3 Å². The largest absolute Gasteiger partial charge is 0.489 e. The van der Waals surface area contributed by atoms with E-state index in [-0.39, 0.29) is 11.6 Å². The van der Waals surface area contributed by atoms with Gasteiger partial charge in [-0.1, -0.05) is 12.1 Å². The third-order valence-electron chi connectivity index (χ3n) is 3.67. The molecule has 0 fully saturated rings. The Morgan fingerprint density at radius 1 is 1.23 bits per heavy atom. The Hall–Kier alpha value is -2.54. The number of halogens is 1. The van der Waals surface area contributed by atoms with Crippen molar-refractivity contribution in [3.63, 3.8) is 0 Å². The molecular formula is C19H26FN3O3. The summed E-state index contributed by atoms with van der Waals surface area (Å²) in [5.74, 6) is 1.55. The molecule has 7 heteroatoms. The van der Waals surface area contributed by atoms with Gasteiger partial charge in [0.25, 0.3) is 0 Å². The first-order valence-corrected chi connectivity index (χ1v) is 8.59. The van der Waals surface area contributed by atoms with Gasteiger partial charge in [-0.25, -0.2) is 4.39 Å². The summed E-state index contributed by atoms with van der Waals surface area (Å²) in [6.45, 7) is 2.70. The Labute approximate surface area is 153 Å². The molecule has 0 saturated carbocycles. The van der Waals surface area contributed by atoms with E-state index in [9.17, 15) is 4.39 Å². The lowest BCUT2D eigenvalue weighted by atomic mass is 10.3. The monoisotopic (exact) mass is 363 g/mol. The van der Waals surface area contributed by atoms with E-state index in [4.69, 9.17) is 13.9 Å². The topological polar surface area (TPSA) is 59.2 Å². The number of hydrogen-bond acceptors (Lipinski definition) is 4. The number of nitrogens with one attached hydrogen (secondary N) is 1. The number of guanidine groups is 1. The van der Waals surface area contributed by atoms with Crippen molar-refractivity contribution in [2.45, 2.75) is 6.42 Å². The van der Waals surface area contributed by atoms with E-state index in [1.807, 2.05) is 24.1 Å². The highest BCUT2D eigenvalue weighted by Crippen LogP contribution is 2.14. The molecule has 0 saturated heterocycles. The van der Waals surface area contributed by atoms with Crippen LogP contribution >= 0.6 is 0 Å². The fourth-order valence-electron chi connectivity index (χ4n) is 2.27. The zero-order chi connectivity index (χ0) is 18.6. The molecule has 0 aliphatic carbocycles. The van der Waals surface area contributed by atoms with Crippen LogP contribution < -0.4 is 10.1 Å². The maximum atomic E-state index is 13.6. The number of likely N-dealkylation sites (N-methyl/N-ethyl adjacent to an activating group) is 1. The summed E-state index contributed by atoms with van der Waals surface area (Å²) >= 11 is 0. The standard InChI is InChI=1S/C19H26FN3O3/c1-23(12-15-26-18-8-4-3-7-17(18)20)19(22-11-14-24-2)21-10-9-16-6-5-13-25-16/h3-8,13H,9-12,14-15H2,1-2H3,(H,21,22). The maximum absolute atomic E-state index is 13.6. The number of ether oxygens (including phenoxy) is 2. The van der Waals surface area contributed by atoms with Gasteiger partial charge in [0.15, 0.2) is 17.5 Å². The summed E-state index contributed by atoms with van der Waals surface area (Å²) in [6.07, 6.45) is 2.42. The Morgan fingerprint density at radius 2 is 2.08 bits per heavy atom. The van der Waals surface area contributed by atoms with Crippen LogP contribution in [0.15, 0.2) is 52.1 Å². The number of furan rings is 1. The van der Waals surface area contributed by atoms with Crippen LogP contribution in [0, 0.1) is 5.82 Å². The minimum Gasteiger partial charge on any atom is -0.489 e. The van der Waals surface area contributed by atoms with E-state index in [0.717, 1.165) is 18.1 Å². The molecule has 0 radical (unpaired) electrons. The molecule has 1 N–H and O–H groups in total. The summed E-state index contributed by atoms with van der Waals surface area (Å²) in [4.78, 5) is 6.46. The second-order valence-corrected chi connectivity index (χ2v) is 5.65. The van der Waals surface area contributed by atoms with E-state index in [1.54, 1.807) is 31.6 Å². The first-order valence-electron chi connectivity index (χ1n) is 8.59. The minimum absolute atomic E-state index is 0.254. The highest BCUT2D eigenvalue weighted by Gasteiger charge is 2.08. The molecular weight excluding hydrogens is 337 g/mol. The first-order chi connectivity index (χ1) is 12.7. The third-order valence-corrected chi connectivity index (χ3v) is 3.67. The molecule has 0 bridgehead atoms. The molecule has 26 heavy (non-hydrogen) atoms. The number of hydrogen-bond donors (Lipinski definition) is 1. The number of nitrogens with zero attached hydrogens (tertiary/aromatic N) is 2. The van der Waals surface area contributed by atoms with Gasteiger partial charge in [0.2, 0.25) is 0 Å². The second-order valence-electron chi connectivity index (χ2n) is 5.65. The van der Waals surface area contributed by atoms with Gasteiger partial charge < -0.3 is 24.1 Å². The summed E-state index contributed by atoms with van der Waals surface area (Å²) in [6, 6.07) is 10.2. The van der Waals surface area contributed by atoms with Crippen LogP contribution in [0.1, 0.15) is 5.76 Å². The van der Waals surface area contributed by atoms with Crippen molar-refractivity contribution >= 4 is 5.96 Å². The Bertz CT molecular complexity index is 662. The predicted molar refractivity (Wildman–Crippen MR) is 99.1 cm³/mol. The van der Waals surface area contributed by atoms with Crippen LogP contribution in [-0.2, 0) is 11.2 Å². The lowest BCUT2D eigenvalue weighted by molar-refractivity contribution is 0.207. The van der Waals surface area contributed by atoms with Crippen LogP contribution in [0.3, 0.4) is 0 Å². The average Bonchev–Trinajstić information content (AvgIpc) is 3.15. The third kappa shape index (κ3) is 6.76. The maximum Gasteiger partial charge on any atom is 0.193 e. The average molecular weight is 363 g/mol. The van der Waals surface area contributed by atoms with Crippen molar-refractivity contribution in [1.29, 1.82) is 0 Å². The molecule has 1 aromatic heterocycles. The number of para-hydroxylation sites is 1. The fraction of sp³-hybridized carbons (Fsp3) is 0.421. The molecule has 2 rings (SSSR count). The van der Waals surface area contributed by atoms with Crippen molar-refractivity contribution < 1.29 is 18.3 Å². The Kier molecular flexibility index (Phi) is 8.48. The van der Waals surface area contributed by atoms with Gasteiger partial charge in [-0.3, -0.25) is 4.99 Å². The molecule has 0 aliphatic heterocycles. The molecule has 0 unspecified atom stereocenters. The van der Waals surface area contributed by atoms with Crippen molar-refractivity contribution in [2.24, 2.45) is 4.99 Å². The smallest absolute Gasteiger partial charge is 0.193 e. The highest BCUT2D eigenvalue weighted by atomic mass is 19.1. The first kappa shape index (κ1) is 19.8. The molecule has 6 nitrogen and oxygen atoms in total. The van der Waals surface area contributed by atoms with Crippen molar-refractivity contribution in [3.05, 3.63) is 54.2 Å². The van der Waals surface area contributed by atoms with Crippen molar-refractivity contribution in [3.8, 4) is 5.75 Å². The van der Waals surface area contributed by atoms with Crippen LogP contribution in [0.2, 0.25) is 0 Å². The summed E-state index contributed by atoms with van der Waals surface area (Å²) < 4.78 is 29.5. The predicted octanol–water partition coefficient (Wildman–Crippen LogP) is 2.56.